The third kappa shape index (κ3) is 3.35. The Labute approximate surface area is 103 Å². The van der Waals surface area contributed by atoms with Crippen molar-refractivity contribution < 1.29 is 22.7 Å². The average molecular weight is 266 g/mol. The molecule has 7 heteroatoms. The smallest absolute Gasteiger partial charge is 0.377 e. The highest BCUT2D eigenvalue weighted by atomic mass is 19.4. The zero-order chi connectivity index (χ0) is 13.2. The van der Waals surface area contributed by atoms with Crippen molar-refractivity contribution in [2.24, 2.45) is 0 Å². The SMILES string of the molecule is O=C1CN(CC2CCCCO2)C(C(F)(F)F)CN1. The molecule has 2 heterocycles. The molecule has 2 aliphatic heterocycles. The number of rotatable bonds is 2. The molecule has 4 nitrogen and oxygen atoms in total. The van der Waals surface area contributed by atoms with Crippen molar-refractivity contribution in [1.29, 1.82) is 0 Å². The second-order valence-corrected chi connectivity index (χ2v) is 4.78. The molecule has 18 heavy (non-hydrogen) atoms. The maximum Gasteiger partial charge on any atom is 0.405 e. The molecule has 2 rings (SSSR count). The van der Waals surface area contributed by atoms with E-state index >= 15 is 0 Å². The van der Waals surface area contributed by atoms with Crippen LogP contribution in [-0.4, -0.2) is 55.4 Å². The van der Waals surface area contributed by atoms with Crippen LogP contribution in [0.5, 0.6) is 0 Å². The fraction of sp³-hybridized carbons (Fsp3) is 0.909. The summed E-state index contributed by atoms with van der Waals surface area (Å²) in [6.07, 6.45) is -1.80. The molecule has 0 aliphatic carbocycles. The minimum atomic E-state index is -4.32. The second-order valence-electron chi connectivity index (χ2n) is 4.78. The summed E-state index contributed by atoms with van der Waals surface area (Å²) < 4.78 is 44.0. The van der Waals surface area contributed by atoms with Crippen LogP contribution in [0.4, 0.5) is 13.2 Å². The molecular weight excluding hydrogens is 249 g/mol. The molecule has 2 fully saturated rings. The first-order valence-corrected chi connectivity index (χ1v) is 6.16. The predicted molar refractivity (Wildman–Crippen MR) is 58.0 cm³/mol. The summed E-state index contributed by atoms with van der Waals surface area (Å²) in [5.41, 5.74) is 0. The van der Waals surface area contributed by atoms with Gasteiger partial charge < -0.3 is 10.1 Å². The summed E-state index contributed by atoms with van der Waals surface area (Å²) in [6.45, 7) is 0.206. The van der Waals surface area contributed by atoms with Crippen LogP contribution >= 0.6 is 0 Å². The molecule has 0 saturated carbocycles. The first-order chi connectivity index (χ1) is 8.47. The van der Waals surface area contributed by atoms with Gasteiger partial charge in [0.2, 0.25) is 5.91 Å². The molecule has 2 aliphatic rings. The Kier molecular flexibility index (Phi) is 4.11. The molecule has 0 bridgehead atoms. The highest BCUT2D eigenvalue weighted by Crippen LogP contribution is 2.27. The van der Waals surface area contributed by atoms with Gasteiger partial charge in [-0.15, -0.1) is 0 Å². The first-order valence-electron chi connectivity index (χ1n) is 6.16. The number of hydrogen-bond acceptors (Lipinski definition) is 3. The van der Waals surface area contributed by atoms with Gasteiger partial charge in [-0.3, -0.25) is 9.69 Å². The Hall–Kier alpha value is -0.820. The van der Waals surface area contributed by atoms with Gasteiger partial charge in [-0.25, -0.2) is 0 Å². The quantitative estimate of drug-likeness (QED) is 0.808. The lowest BCUT2D eigenvalue weighted by molar-refractivity contribution is -0.193. The minimum absolute atomic E-state index is 0.178. The zero-order valence-electron chi connectivity index (χ0n) is 10.0. The van der Waals surface area contributed by atoms with Crippen LogP contribution < -0.4 is 5.32 Å². The van der Waals surface area contributed by atoms with Gasteiger partial charge in [0, 0.05) is 19.7 Å². The van der Waals surface area contributed by atoms with Gasteiger partial charge in [0.05, 0.1) is 12.6 Å². The van der Waals surface area contributed by atoms with E-state index in [1.807, 2.05) is 0 Å². The summed E-state index contributed by atoms with van der Waals surface area (Å²) in [6, 6.07) is -1.60. The molecular formula is C11H17F3N2O2. The Morgan fingerprint density at radius 3 is 2.78 bits per heavy atom. The number of carbonyl (C=O) groups excluding carboxylic acids is 1. The molecule has 104 valence electrons. The third-order valence-corrected chi connectivity index (χ3v) is 3.37. The second kappa shape index (κ2) is 5.44. The van der Waals surface area contributed by atoms with Crippen molar-refractivity contribution in [3.05, 3.63) is 0 Å². The van der Waals surface area contributed by atoms with Crippen LogP contribution in [0.25, 0.3) is 0 Å². The molecule has 2 saturated heterocycles. The molecule has 2 unspecified atom stereocenters. The number of nitrogens with zero attached hydrogens (tertiary/aromatic N) is 1. The third-order valence-electron chi connectivity index (χ3n) is 3.37. The normalized spacial score (nSPS) is 31.2. The lowest BCUT2D eigenvalue weighted by atomic mass is 10.1. The molecule has 0 aromatic carbocycles. The van der Waals surface area contributed by atoms with E-state index in [2.05, 4.69) is 5.32 Å². The Morgan fingerprint density at radius 1 is 1.39 bits per heavy atom. The number of alkyl halides is 3. The van der Waals surface area contributed by atoms with Crippen LogP contribution in [0.3, 0.4) is 0 Å². The summed E-state index contributed by atoms with van der Waals surface area (Å²) >= 11 is 0. The molecule has 0 aromatic rings. The van der Waals surface area contributed by atoms with E-state index in [0.717, 1.165) is 19.3 Å². The van der Waals surface area contributed by atoms with Crippen LogP contribution in [0.2, 0.25) is 0 Å². The average Bonchev–Trinajstić information content (AvgIpc) is 2.28. The van der Waals surface area contributed by atoms with Crippen molar-refractivity contribution in [2.45, 2.75) is 37.6 Å². The van der Waals surface area contributed by atoms with Crippen LogP contribution in [0, 0.1) is 0 Å². The van der Waals surface area contributed by atoms with E-state index in [-0.39, 0.29) is 31.6 Å². The number of nitrogens with one attached hydrogen (secondary N) is 1. The number of carbonyl (C=O) groups is 1. The minimum Gasteiger partial charge on any atom is -0.377 e. The number of piperazine rings is 1. The molecule has 0 radical (unpaired) electrons. The van der Waals surface area contributed by atoms with E-state index in [0.29, 0.717) is 6.61 Å². The van der Waals surface area contributed by atoms with Crippen LogP contribution in [0.15, 0.2) is 0 Å². The Morgan fingerprint density at radius 2 is 2.17 bits per heavy atom. The van der Waals surface area contributed by atoms with Gasteiger partial charge in [0.15, 0.2) is 0 Å². The zero-order valence-corrected chi connectivity index (χ0v) is 10.0. The van der Waals surface area contributed by atoms with Gasteiger partial charge in [0.1, 0.15) is 6.04 Å². The van der Waals surface area contributed by atoms with E-state index in [4.69, 9.17) is 4.74 Å². The number of halogens is 3. The fourth-order valence-electron chi connectivity index (χ4n) is 2.42. The highest BCUT2D eigenvalue weighted by Gasteiger charge is 2.46. The van der Waals surface area contributed by atoms with Gasteiger partial charge >= 0.3 is 6.18 Å². The van der Waals surface area contributed by atoms with Crippen LogP contribution in [-0.2, 0) is 9.53 Å². The highest BCUT2D eigenvalue weighted by molar-refractivity contribution is 5.78. The van der Waals surface area contributed by atoms with E-state index in [1.165, 1.54) is 4.90 Å². The number of amides is 1. The molecule has 1 amide bonds. The van der Waals surface area contributed by atoms with E-state index < -0.39 is 12.2 Å². The fourth-order valence-corrected chi connectivity index (χ4v) is 2.42. The maximum absolute atomic E-state index is 12.8. The van der Waals surface area contributed by atoms with Gasteiger partial charge in [-0.2, -0.15) is 13.2 Å². The molecule has 2 atom stereocenters. The monoisotopic (exact) mass is 266 g/mol. The summed E-state index contributed by atoms with van der Waals surface area (Å²) in [5.74, 6) is -0.355. The van der Waals surface area contributed by atoms with Gasteiger partial charge in [-0.05, 0) is 19.3 Å². The summed E-state index contributed by atoms with van der Waals surface area (Å²) in [4.78, 5) is 12.4. The van der Waals surface area contributed by atoms with Crippen molar-refractivity contribution >= 4 is 5.91 Å². The largest absolute Gasteiger partial charge is 0.405 e. The summed E-state index contributed by atoms with van der Waals surface area (Å²) in [5, 5.41) is 2.26. The molecule has 1 N–H and O–H groups in total. The van der Waals surface area contributed by atoms with Crippen molar-refractivity contribution in [3.63, 3.8) is 0 Å². The Bertz CT molecular complexity index is 303. The van der Waals surface area contributed by atoms with Crippen molar-refractivity contribution in [2.75, 3.05) is 26.2 Å². The lowest BCUT2D eigenvalue weighted by Crippen LogP contribution is -2.61. The van der Waals surface area contributed by atoms with Gasteiger partial charge in [-0.1, -0.05) is 0 Å². The summed E-state index contributed by atoms with van der Waals surface area (Å²) in [7, 11) is 0. The Balaban J connectivity index is 1.98. The molecule has 0 spiro atoms. The number of ether oxygens (including phenoxy) is 1. The topological polar surface area (TPSA) is 41.6 Å². The lowest BCUT2D eigenvalue weighted by Gasteiger charge is -2.38. The first kappa shape index (κ1) is 13.6. The van der Waals surface area contributed by atoms with Gasteiger partial charge in [0.25, 0.3) is 0 Å². The van der Waals surface area contributed by atoms with Crippen molar-refractivity contribution in [3.8, 4) is 0 Å². The predicted octanol–water partition coefficient (Wildman–Crippen LogP) is 0.918. The van der Waals surface area contributed by atoms with E-state index in [9.17, 15) is 18.0 Å². The maximum atomic E-state index is 12.8. The van der Waals surface area contributed by atoms with Crippen molar-refractivity contribution in [1.82, 2.24) is 10.2 Å². The number of hydrogen-bond donors (Lipinski definition) is 1. The van der Waals surface area contributed by atoms with Crippen LogP contribution in [0.1, 0.15) is 19.3 Å². The van der Waals surface area contributed by atoms with E-state index in [1.54, 1.807) is 0 Å². The molecule has 0 aromatic heterocycles. The standard InChI is InChI=1S/C11H17F3N2O2/c12-11(13,14)9-5-15-10(17)7-16(9)6-8-3-1-2-4-18-8/h8-9H,1-7H2,(H,15,17).